The van der Waals surface area contributed by atoms with Gasteiger partial charge in [0.2, 0.25) is 5.91 Å². The number of nitrogens with zero attached hydrogens (tertiary/aromatic N) is 1. The van der Waals surface area contributed by atoms with Gasteiger partial charge in [-0.05, 0) is 56.8 Å². The van der Waals surface area contributed by atoms with E-state index in [1.165, 1.54) is 12.1 Å². The second-order valence-electron chi connectivity index (χ2n) is 7.15. The van der Waals surface area contributed by atoms with Crippen LogP contribution in [-0.4, -0.2) is 49.6 Å². The largest absolute Gasteiger partial charge is 0.355 e. The first-order chi connectivity index (χ1) is 12.6. The summed E-state index contributed by atoms with van der Waals surface area (Å²) in [7, 11) is 0. The van der Waals surface area contributed by atoms with E-state index in [0.717, 1.165) is 38.8 Å². The molecule has 1 aromatic rings. The van der Waals surface area contributed by atoms with Gasteiger partial charge in [-0.1, -0.05) is 12.1 Å². The number of carbonyl (C=O) groups is 2. The molecule has 6 nitrogen and oxygen atoms in total. The zero-order valence-corrected chi connectivity index (χ0v) is 15.0. The van der Waals surface area contributed by atoms with Crippen molar-refractivity contribution >= 4 is 17.6 Å². The molecule has 2 atom stereocenters. The van der Waals surface area contributed by atoms with E-state index in [-0.39, 0.29) is 23.5 Å². The van der Waals surface area contributed by atoms with E-state index in [0.29, 0.717) is 25.6 Å². The van der Waals surface area contributed by atoms with Gasteiger partial charge in [0.25, 0.3) is 0 Å². The second-order valence-corrected chi connectivity index (χ2v) is 7.15. The Bertz CT molecular complexity index is 634. The van der Waals surface area contributed by atoms with Crippen LogP contribution in [0.3, 0.4) is 0 Å². The molecule has 0 radical (unpaired) electrons. The maximum atomic E-state index is 13.7. The molecule has 26 heavy (non-hydrogen) atoms. The monoisotopic (exact) mass is 362 g/mol. The predicted octanol–water partition coefficient (Wildman–Crippen LogP) is 2.19. The molecule has 3 rings (SSSR count). The third kappa shape index (κ3) is 4.94. The average molecular weight is 362 g/mol. The smallest absolute Gasteiger partial charge is 0.321 e. The molecule has 0 spiro atoms. The summed E-state index contributed by atoms with van der Waals surface area (Å²) in [5.74, 6) is -0.171. The Balaban J connectivity index is 1.49. The fraction of sp³-hybridized carbons (Fsp3) is 0.579. The van der Waals surface area contributed by atoms with E-state index in [1.54, 1.807) is 17.0 Å². The molecule has 2 fully saturated rings. The summed E-state index contributed by atoms with van der Waals surface area (Å²) in [5, 5.41) is 8.98. The van der Waals surface area contributed by atoms with Crippen LogP contribution in [0, 0.1) is 17.7 Å². The van der Waals surface area contributed by atoms with Crippen LogP contribution in [0.4, 0.5) is 14.9 Å². The van der Waals surface area contributed by atoms with Gasteiger partial charge in [0.1, 0.15) is 5.82 Å². The van der Waals surface area contributed by atoms with Crippen molar-refractivity contribution in [1.29, 1.82) is 0 Å². The Hall–Kier alpha value is -2.15. The van der Waals surface area contributed by atoms with Gasteiger partial charge < -0.3 is 20.9 Å². The molecule has 3 N–H and O–H groups in total. The molecule has 3 amide bonds. The lowest BCUT2D eigenvalue weighted by Gasteiger charge is -2.32. The molecule has 0 bridgehead atoms. The van der Waals surface area contributed by atoms with Crippen molar-refractivity contribution in [3.63, 3.8) is 0 Å². The van der Waals surface area contributed by atoms with Crippen molar-refractivity contribution in [2.24, 2.45) is 11.8 Å². The number of amides is 3. The number of rotatable bonds is 4. The number of para-hydroxylation sites is 1. The Kier molecular flexibility index (Phi) is 6.44. The summed E-state index contributed by atoms with van der Waals surface area (Å²) in [6, 6.07) is 5.73. The van der Waals surface area contributed by atoms with E-state index >= 15 is 0 Å². The summed E-state index contributed by atoms with van der Waals surface area (Å²) in [4.78, 5) is 26.5. The first-order valence-corrected chi connectivity index (χ1v) is 9.42. The highest BCUT2D eigenvalue weighted by molar-refractivity contribution is 5.90. The fourth-order valence-electron chi connectivity index (χ4n) is 3.62. The Morgan fingerprint density at radius 1 is 1.23 bits per heavy atom. The van der Waals surface area contributed by atoms with Crippen LogP contribution in [0.15, 0.2) is 24.3 Å². The lowest BCUT2D eigenvalue weighted by Crippen LogP contribution is -2.48. The molecule has 0 aromatic heterocycles. The van der Waals surface area contributed by atoms with E-state index < -0.39 is 5.82 Å². The average Bonchev–Trinajstić information content (AvgIpc) is 2.69. The molecule has 142 valence electrons. The number of hydrogen-bond donors (Lipinski definition) is 3. The first-order valence-electron chi connectivity index (χ1n) is 9.42. The van der Waals surface area contributed by atoms with Gasteiger partial charge in [0.05, 0.1) is 11.6 Å². The molecule has 2 saturated heterocycles. The zero-order chi connectivity index (χ0) is 18.4. The van der Waals surface area contributed by atoms with Gasteiger partial charge in [-0.3, -0.25) is 4.79 Å². The third-order valence-electron chi connectivity index (χ3n) is 5.16. The number of hydrogen-bond acceptors (Lipinski definition) is 3. The minimum Gasteiger partial charge on any atom is -0.355 e. The summed E-state index contributed by atoms with van der Waals surface area (Å²) in [5.41, 5.74) is 0.161. The van der Waals surface area contributed by atoms with Crippen LogP contribution < -0.4 is 16.0 Å². The Morgan fingerprint density at radius 3 is 2.85 bits per heavy atom. The highest BCUT2D eigenvalue weighted by Gasteiger charge is 2.29. The topological polar surface area (TPSA) is 73.5 Å². The van der Waals surface area contributed by atoms with E-state index in [2.05, 4.69) is 16.0 Å². The minimum absolute atomic E-state index is 0.0129. The first kappa shape index (κ1) is 18.6. The van der Waals surface area contributed by atoms with Crippen molar-refractivity contribution in [2.75, 3.05) is 38.0 Å². The number of halogens is 1. The van der Waals surface area contributed by atoms with Crippen LogP contribution in [0.5, 0.6) is 0 Å². The number of urea groups is 1. The Labute approximate surface area is 153 Å². The fourth-order valence-corrected chi connectivity index (χ4v) is 3.62. The molecule has 1 aromatic carbocycles. The number of benzene rings is 1. The minimum atomic E-state index is -0.465. The standard InChI is InChI=1S/C19H27FN4O2/c20-16-7-1-2-8-17(16)23-19(26)24-10-4-6-15(13-24)18(25)22-12-14-5-3-9-21-11-14/h1-2,7-8,14-15,21H,3-6,9-13H2,(H,22,25)(H,23,26). The van der Waals surface area contributed by atoms with Crippen molar-refractivity contribution in [1.82, 2.24) is 15.5 Å². The molecule has 7 heteroatoms. The van der Waals surface area contributed by atoms with Crippen LogP contribution in [0.2, 0.25) is 0 Å². The molecule has 0 saturated carbocycles. The number of likely N-dealkylation sites (tertiary alicyclic amines) is 1. The SMILES string of the molecule is O=C(NCC1CCCNC1)C1CCCN(C(=O)Nc2ccccc2F)C1. The third-order valence-corrected chi connectivity index (χ3v) is 5.16. The maximum Gasteiger partial charge on any atom is 0.321 e. The van der Waals surface area contributed by atoms with Gasteiger partial charge in [0.15, 0.2) is 0 Å². The second kappa shape index (κ2) is 8.98. The van der Waals surface area contributed by atoms with E-state index in [9.17, 15) is 14.0 Å². The zero-order valence-electron chi connectivity index (χ0n) is 15.0. The van der Waals surface area contributed by atoms with Crippen molar-refractivity contribution < 1.29 is 14.0 Å². The molecule has 0 aliphatic carbocycles. The summed E-state index contributed by atoms with van der Waals surface area (Å²) >= 11 is 0. The molecule has 2 heterocycles. The molecular weight excluding hydrogens is 335 g/mol. The number of anilines is 1. The normalized spacial score (nSPS) is 23.3. The van der Waals surface area contributed by atoms with Crippen molar-refractivity contribution in [3.05, 3.63) is 30.1 Å². The summed E-state index contributed by atoms with van der Waals surface area (Å²) in [6.45, 7) is 3.64. The number of carbonyl (C=O) groups excluding carboxylic acids is 2. The quantitative estimate of drug-likeness (QED) is 0.769. The van der Waals surface area contributed by atoms with E-state index in [4.69, 9.17) is 0 Å². The lowest BCUT2D eigenvalue weighted by atomic mass is 9.96. The molecule has 2 unspecified atom stereocenters. The maximum absolute atomic E-state index is 13.7. The predicted molar refractivity (Wildman–Crippen MR) is 98.3 cm³/mol. The van der Waals surface area contributed by atoms with Crippen molar-refractivity contribution in [2.45, 2.75) is 25.7 Å². The number of piperidine rings is 2. The lowest BCUT2D eigenvalue weighted by molar-refractivity contribution is -0.126. The van der Waals surface area contributed by atoms with Crippen LogP contribution in [-0.2, 0) is 4.79 Å². The van der Waals surface area contributed by atoms with E-state index in [1.807, 2.05) is 0 Å². The van der Waals surface area contributed by atoms with Gasteiger partial charge >= 0.3 is 6.03 Å². The highest BCUT2D eigenvalue weighted by atomic mass is 19.1. The number of nitrogens with one attached hydrogen (secondary N) is 3. The van der Waals surface area contributed by atoms with Gasteiger partial charge in [-0.2, -0.15) is 0 Å². The van der Waals surface area contributed by atoms with Crippen molar-refractivity contribution in [3.8, 4) is 0 Å². The Morgan fingerprint density at radius 2 is 2.08 bits per heavy atom. The van der Waals surface area contributed by atoms with Gasteiger partial charge in [-0.15, -0.1) is 0 Å². The summed E-state index contributed by atoms with van der Waals surface area (Å²) < 4.78 is 13.7. The molecule has 2 aliphatic rings. The summed E-state index contributed by atoms with van der Waals surface area (Å²) in [6.07, 6.45) is 3.83. The van der Waals surface area contributed by atoms with Crippen LogP contribution in [0.25, 0.3) is 0 Å². The molecular formula is C19H27FN4O2. The molecule has 2 aliphatic heterocycles. The van der Waals surface area contributed by atoms with Crippen LogP contribution >= 0.6 is 0 Å². The highest BCUT2D eigenvalue weighted by Crippen LogP contribution is 2.19. The van der Waals surface area contributed by atoms with Gasteiger partial charge in [0, 0.05) is 19.6 Å². The van der Waals surface area contributed by atoms with Crippen LogP contribution in [0.1, 0.15) is 25.7 Å². The van der Waals surface area contributed by atoms with Gasteiger partial charge in [-0.25, -0.2) is 9.18 Å².